The molecule has 2 aromatic rings. The fraction of sp³-hybridized carbons (Fsp3) is 0.438. The Hall–Kier alpha value is -2.15. The van der Waals surface area contributed by atoms with Crippen molar-refractivity contribution < 1.29 is 4.79 Å². The average molecular weight is 332 g/mol. The standard InChI is InChI=1S/C16H20N4O2S/c21-15-10-13(12-4-1-2-5-12)18-11-20(15)8-7-17-16(22)19-14-6-3-9-23-14/h3,6,9-12H,1-2,4-5,7-8H2,(H2,17,19,22). The largest absolute Gasteiger partial charge is 0.336 e. The van der Waals surface area contributed by atoms with Crippen LogP contribution in [0.15, 0.2) is 34.7 Å². The van der Waals surface area contributed by atoms with E-state index in [0.29, 0.717) is 19.0 Å². The average Bonchev–Trinajstić information content (AvgIpc) is 3.22. The van der Waals surface area contributed by atoms with Crippen molar-refractivity contribution in [3.05, 3.63) is 46.0 Å². The molecule has 2 N–H and O–H groups in total. The third-order valence-electron chi connectivity index (χ3n) is 4.07. The lowest BCUT2D eigenvalue weighted by atomic mass is 10.0. The highest BCUT2D eigenvalue weighted by Crippen LogP contribution is 2.32. The SMILES string of the molecule is O=C(NCCn1cnc(C2CCCC2)cc1=O)Nc1cccs1. The number of aromatic nitrogens is 2. The first-order valence-electron chi connectivity index (χ1n) is 7.87. The van der Waals surface area contributed by atoms with Gasteiger partial charge in [-0.3, -0.25) is 14.7 Å². The highest BCUT2D eigenvalue weighted by molar-refractivity contribution is 7.14. The first-order chi connectivity index (χ1) is 11.2. The van der Waals surface area contributed by atoms with Crippen molar-refractivity contribution in [3.8, 4) is 0 Å². The third kappa shape index (κ3) is 4.19. The second kappa shape index (κ2) is 7.41. The van der Waals surface area contributed by atoms with Crippen LogP contribution >= 0.6 is 11.3 Å². The first-order valence-corrected chi connectivity index (χ1v) is 8.75. The molecule has 0 aromatic carbocycles. The molecule has 1 fully saturated rings. The Bertz CT molecular complexity index is 705. The van der Waals surface area contributed by atoms with E-state index in [1.54, 1.807) is 12.4 Å². The summed E-state index contributed by atoms with van der Waals surface area (Å²) in [6.07, 6.45) is 6.29. The molecule has 0 unspecified atom stereocenters. The minimum Gasteiger partial charge on any atom is -0.336 e. The zero-order chi connectivity index (χ0) is 16.1. The first kappa shape index (κ1) is 15.7. The Morgan fingerprint density at radius 3 is 2.91 bits per heavy atom. The van der Waals surface area contributed by atoms with E-state index in [4.69, 9.17) is 0 Å². The second-order valence-electron chi connectivity index (χ2n) is 5.68. The summed E-state index contributed by atoms with van der Waals surface area (Å²) in [5.41, 5.74) is 0.856. The molecule has 122 valence electrons. The summed E-state index contributed by atoms with van der Waals surface area (Å²) < 4.78 is 1.53. The molecule has 6 nitrogen and oxygen atoms in total. The van der Waals surface area contributed by atoms with Gasteiger partial charge >= 0.3 is 6.03 Å². The van der Waals surface area contributed by atoms with Gasteiger partial charge in [0.05, 0.1) is 17.0 Å². The lowest BCUT2D eigenvalue weighted by molar-refractivity contribution is 0.251. The molecule has 0 aliphatic heterocycles. The zero-order valence-corrected chi connectivity index (χ0v) is 13.6. The van der Waals surface area contributed by atoms with Crippen molar-refractivity contribution >= 4 is 22.4 Å². The summed E-state index contributed by atoms with van der Waals surface area (Å²) in [7, 11) is 0. The number of carbonyl (C=O) groups is 1. The number of hydrogen-bond donors (Lipinski definition) is 2. The molecule has 0 spiro atoms. The van der Waals surface area contributed by atoms with Gasteiger partial charge in [-0.25, -0.2) is 9.78 Å². The molecule has 0 saturated heterocycles. The molecule has 1 aliphatic carbocycles. The topological polar surface area (TPSA) is 76.0 Å². The van der Waals surface area contributed by atoms with Crippen LogP contribution in [0.25, 0.3) is 0 Å². The number of nitrogens with zero attached hydrogens (tertiary/aromatic N) is 2. The van der Waals surface area contributed by atoms with Crippen molar-refractivity contribution in [3.63, 3.8) is 0 Å². The number of urea groups is 1. The Balaban J connectivity index is 1.50. The fourth-order valence-electron chi connectivity index (χ4n) is 2.85. The maximum absolute atomic E-state index is 12.1. The van der Waals surface area contributed by atoms with Crippen LogP contribution in [0.4, 0.5) is 9.80 Å². The van der Waals surface area contributed by atoms with E-state index in [1.165, 1.54) is 28.7 Å². The molecular formula is C16H20N4O2S. The Kier molecular flexibility index (Phi) is 5.07. The summed E-state index contributed by atoms with van der Waals surface area (Å²) in [6.45, 7) is 0.788. The van der Waals surface area contributed by atoms with E-state index in [9.17, 15) is 9.59 Å². The minimum absolute atomic E-state index is 0.0534. The number of thiophene rings is 1. The number of amides is 2. The normalized spacial score (nSPS) is 14.8. The van der Waals surface area contributed by atoms with Gasteiger partial charge < -0.3 is 5.32 Å². The maximum atomic E-state index is 12.1. The number of carbonyl (C=O) groups excluding carboxylic acids is 1. The van der Waals surface area contributed by atoms with Gasteiger partial charge in [-0.1, -0.05) is 12.8 Å². The molecular weight excluding hydrogens is 312 g/mol. The van der Waals surface area contributed by atoms with Crippen molar-refractivity contribution in [1.29, 1.82) is 0 Å². The van der Waals surface area contributed by atoms with Gasteiger partial charge in [-0.05, 0) is 30.4 Å². The van der Waals surface area contributed by atoms with Gasteiger partial charge in [-0.15, -0.1) is 11.3 Å². The van der Waals surface area contributed by atoms with Gasteiger partial charge in [0, 0.05) is 25.1 Å². The Morgan fingerprint density at radius 1 is 1.39 bits per heavy atom. The molecule has 0 atom stereocenters. The monoisotopic (exact) mass is 332 g/mol. The van der Waals surface area contributed by atoms with Crippen LogP contribution in [0.2, 0.25) is 0 Å². The van der Waals surface area contributed by atoms with Crippen molar-refractivity contribution in [2.45, 2.75) is 38.1 Å². The van der Waals surface area contributed by atoms with Gasteiger partial charge in [-0.2, -0.15) is 0 Å². The number of hydrogen-bond acceptors (Lipinski definition) is 4. The van der Waals surface area contributed by atoms with Gasteiger partial charge in [0.25, 0.3) is 5.56 Å². The summed E-state index contributed by atoms with van der Waals surface area (Å²) in [5, 5.41) is 8.16. The molecule has 2 heterocycles. The molecule has 3 rings (SSSR count). The Morgan fingerprint density at radius 2 is 2.22 bits per heavy atom. The number of anilines is 1. The van der Waals surface area contributed by atoms with Crippen LogP contribution in [-0.4, -0.2) is 22.1 Å². The van der Waals surface area contributed by atoms with E-state index in [0.717, 1.165) is 23.5 Å². The highest BCUT2D eigenvalue weighted by Gasteiger charge is 2.18. The van der Waals surface area contributed by atoms with E-state index in [2.05, 4.69) is 15.6 Å². The molecule has 0 radical (unpaired) electrons. The van der Waals surface area contributed by atoms with Gasteiger partial charge in [0.15, 0.2) is 0 Å². The summed E-state index contributed by atoms with van der Waals surface area (Å²) >= 11 is 1.46. The smallest absolute Gasteiger partial charge is 0.319 e. The molecule has 0 bridgehead atoms. The summed E-state index contributed by atoms with van der Waals surface area (Å²) in [6, 6.07) is 5.08. The predicted octanol–water partition coefficient (Wildman–Crippen LogP) is 2.78. The van der Waals surface area contributed by atoms with Gasteiger partial charge in [0.1, 0.15) is 0 Å². The predicted molar refractivity (Wildman–Crippen MR) is 91.0 cm³/mol. The van der Waals surface area contributed by atoms with Crippen LogP contribution in [0, 0.1) is 0 Å². The van der Waals surface area contributed by atoms with Gasteiger partial charge in [0.2, 0.25) is 0 Å². The summed E-state index contributed by atoms with van der Waals surface area (Å²) in [4.78, 5) is 28.2. The highest BCUT2D eigenvalue weighted by atomic mass is 32.1. The van der Waals surface area contributed by atoms with Crippen LogP contribution in [0.5, 0.6) is 0 Å². The van der Waals surface area contributed by atoms with Crippen molar-refractivity contribution in [2.75, 3.05) is 11.9 Å². The molecule has 2 amide bonds. The maximum Gasteiger partial charge on any atom is 0.319 e. The fourth-order valence-corrected chi connectivity index (χ4v) is 3.46. The minimum atomic E-state index is -0.268. The lowest BCUT2D eigenvalue weighted by Crippen LogP contribution is -2.33. The van der Waals surface area contributed by atoms with E-state index in [1.807, 2.05) is 17.5 Å². The van der Waals surface area contributed by atoms with Crippen LogP contribution in [-0.2, 0) is 6.54 Å². The van der Waals surface area contributed by atoms with E-state index in [-0.39, 0.29) is 11.6 Å². The molecule has 2 aromatic heterocycles. The quantitative estimate of drug-likeness (QED) is 0.884. The number of rotatable bonds is 5. The second-order valence-corrected chi connectivity index (χ2v) is 6.63. The van der Waals surface area contributed by atoms with Crippen LogP contribution < -0.4 is 16.2 Å². The zero-order valence-electron chi connectivity index (χ0n) is 12.8. The summed E-state index contributed by atoms with van der Waals surface area (Å²) in [5.74, 6) is 0.437. The molecule has 23 heavy (non-hydrogen) atoms. The lowest BCUT2D eigenvalue weighted by Gasteiger charge is -2.11. The molecule has 1 saturated carbocycles. The molecule has 1 aliphatic rings. The van der Waals surface area contributed by atoms with Crippen LogP contribution in [0.3, 0.4) is 0 Å². The third-order valence-corrected chi connectivity index (χ3v) is 4.86. The number of nitrogens with one attached hydrogen (secondary N) is 2. The van der Waals surface area contributed by atoms with E-state index < -0.39 is 0 Å². The van der Waals surface area contributed by atoms with Crippen molar-refractivity contribution in [2.24, 2.45) is 0 Å². The Labute approximate surface area is 138 Å². The van der Waals surface area contributed by atoms with Crippen LogP contribution in [0.1, 0.15) is 37.3 Å². The molecule has 7 heteroatoms. The van der Waals surface area contributed by atoms with Crippen molar-refractivity contribution in [1.82, 2.24) is 14.9 Å². The van der Waals surface area contributed by atoms with E-state index >= 15 is 0 Å².